The molecule has 2 N–H and O–H groups in total. The van der Waals surface area contributed by atoms with Gasteiger partial charge in [-0.3, -0.25) is 4.99 Å². The van der Waals surface area contributed by atoms with Crippen LogP contribution in [-0.4, -0.2) is 71.0 Å². The van der Waals surface area contributed by atoms with E-state index in [1.807, 2.05) is 6.92 Å². The summed E-state index contributed by atoms with van der Waals surface area (Å²) in [6.45, 7) is 5.46. The molecule has 0 radical (unpaired) electrons. The summed E-state index contributed by atoms with van der Waals surface area (Å²) in [5.41, 5.74) is 0. The van der Waals surface area contributed by atoms with Crippen LogP contribution in [0.25, 0.3) is 0 Å². The Kier molecular flexibility index (Phi) is 7.50. The van der Waals surface area contributed by atoms with E-state index < -0.39 is 0 Å². The molecule has 1 saturated heterocycles. The summed E-state index contributed by atoms with van der Waals surface area (Å²) in [6.07, 6.45) is 7.11. The van der Waals surface area contributed by atoms with Gasteiger partial charge in [0.1, 0.15) is 11.6 Å². The van der Waals surface area contributed by atoms with Crippen molar-refractivity contribution in [2.24, 2.45) is 4.99 Å². The number of aliphatic imine (C=N–C) groups is 1. The molecule has 0 atom stereocenters. The number of guanidine groups is 1. The molecular formula is C19H33N7O2. The van der Waals surface area contributed by atoms with E-state index in [1.165, 1.54) is 19.3 Å². The molecule has 9 heteroatoms. The van der Waals surface area contributed by atoms with Gasteiger partial charge in [0.2, 0.25) is 0 Å². The van der Waals surface area contributed by atoms with Gasteiger partial charge in [-0.2, -0.15) is 0 Å². The highest BCUT2D eigenvalue weighted by Crippen LogP contribution is 2.14. The number of carbonyl (C=O) groups is 1. The Morgan fingerprint density at radius 1 is 1.21 bits per heavy atom. The Hall–Kier alpha value is -2.32. The lowest BCUT2D eigenvalue weighted by molar-refractivity contribution is 0.0963. The molecule has 156 valence electrons. The summed E-state index contributed by atoms with van der Waals surface area (Å²) >= 11 is 0. The summed E-state index contributed by atoms with van der Waals surface area (Å²) in [5.74, 6) is 2.98. The summed E-state index contributed by atoms with van der Waals surface area (Å²) in [6, 6.07) is 0.307. The van der Waals surface area contributed by atoms with Gasteiger partial charge in [-0.1, -0.05) is 6.42 Å². The van der Waals surface area contributed by atoms with E-state index in [-0.39, 0.29) is 6.09 Å². The first-order valence-electron chi connectivity index (χ1n) is 10.5. The van der Waals surface area contributed by atoms with Gasteiger partial charge in [0.25, 0.3) is 0 Å². The highest BCUT2D eigenvalue weighted by atomic mass is 16.6. The Bertz CT molecular complexity index is 665. The van der Waals surface area contributed by atoms with Crippen LogP contribution >= 0.6 is 0 Å². The molecule has 0 saturated carbocycles. The van der Waals surface area contributed by atoms with Crippen LogP contribution in [0.2, 0.25) is 0 Å². The average Bonchev–Trinajstić information content (AvgIpc) is 2.94. The van der Waals surface area contributed by atoms with Gasteiger partial charge < -0.3 is 24.8 Å². The number of nitrogens with zero attached hydrogens (tertiary/aromatic N) is 5. The largest absolute Gasteiger partial charge is 0.450 e. The molecule has 0 unspecified atom stereocenters. The van der Waals surface area contributed by atoms with E-state index >= 15 is 0 Å². The number of fused-ring (bicyclic) bond motifs is 1. The second kappa shape index (κ2) is 10.3. The normalized spacial score (nSPS) is 18.4. The molecule has 2 aliphatic rings. The lowest BCUT2D eigenvalue weighted by Crippen LogP contribution is -2.50. The van der Waals surface area contributed by atoms with Gasteiger partial charge in [0.15, 0.2) is 5.96 Å². The fourth-order valence-electron chi connectivity index (χ4n) is 3.83. The van der Waals surface area contributed by atoms with Crippen LogP contribution in [0.15, 0.2) is 4.99 Å². The Morgan fingerprint density at radius 2 is 2.04 bits per heavy atom. The van der Waals surface area contributed by atoms with Crippen molar-refractivity contribution >= 4 is 12.1 Å². The first kappa shape index (κ1) is 20.4. The molecule has 0 aromatic carbocycles. The van der Waals surface area contributed by atoms with E-state index in [1.54, 1.807) is 11.9 Å². The minimum absolute atomic E-state index is 0.212. The fraction of sp³-hybridized carbons (Fsp3) is 0.789. The lowest BCUT2D eigenvalue weighted by Gasteiger charge is -2.32. The second-order valence-corrected chi connectivity index (χ2v) is 7.35. The summed E-state index contributed by atoms with van der Waals surface area (Å²) < 4.78 is 7.36. The zero-order chi connectivity index (χ0) is 19.8. The number of carbonyl (C=O) groups excluding carboxylic acids is 1. The smallest absolute Gasteiger partial charge is 0.409 e. The van der Waals surface area contributed by atoms with Crippen LogP contribution in [0.4, 0.5) is 4.79 Å². The number of piperidine rings is 1. The molecule has 0 aliphatic carbocycles. The predicted molar refractivity (Wildman–Crippen MR) is 107 cm³/mol. The highest BCUT2D eigenvalue weighted by molar-refractivity contribution is 5.80. The van der Waals surface area contributed by atoms with Crippen molar-refractivity contribution in [3.05, 3.63) is 11.6 Å². The Morgan fingerprint density at radius 3 is 2.79 bits per heavy atom. The molecule has 2 aliphatic heterocycles. The Balaban J connectivity index is 1.41. The number of hydrogen-bond acceptors (Lipinski definition) is 5. The van der Waals surface area contributed by atoms with Crippen molar-refractivity contribution in [2.45, 2.75) is 64.5 Å². The quantitative estimate of drug-likeness (QED) is 0.581. The van der Waals surface area contributed by atoms with Gasteiger partial charge in [-0.25, -0.2) is 4.79 Å². The number of nitrogens with one attached hydrogen (secondary N) is 2. The van der Waals surface area contributed by atoms with Gasteiger partial charge >= 0.3 is 6.09 Å². The second-order valence-electron chi connectivity index (χ2n) is 7.35. The molecule has 1 aromatic heterocycles. The van der Waals surface area contributed by atoms with Crippen molar-refractivity contribution < 1.29 is 9.53 Å². The first-order valence-corrected chi connectivity index (χ1v) is 10.5. The van der Waals surface area contributed by atoms with Gasteiger partial charge in [-0.15, -0.1) is 10.2 Å². The number of amides is 1. The molecule has 3 heterocycles. The number of ether oxygens (including phenoxy) is 1. The SMILES string of the molecule is CCOC(=O)N1CCC(NC(=NC)NCCc2nnc3n2CCCCC3)CC1. The van der Waals surface area contributed by atoms with Crippen LogP contribution in [0.5, 0.6) is 0 Å². The third-order valence-corrected chi connectivity index (χ3v) is 5.41. The van der Waals surface area contributed by atoms with Crippen LogP contribution in [-0.2, 0) is 24.1 Å². The van der Waals surface area contributed by atoms with E-state index in [0.717, 1.165) is 56.4 Å². The molecule has 1 amide bonds. The monoisotopic (exact) mass is 391 g/mol. The average molecular weight is 392 g/mol. The van der Waals surface area contributed by atoms with E-state index in [2.05, 4.69) is 30.4 Å². The minimum atomic E-state index is -0.212. The standard InChI is InChI=1S/C19H33N7O2/c1-3-28-19(27)25-13-9-15(10-14-25)22-18(20-2)21-11-8-17-24-23-16-7-5-4-6-12-26(16)17/h15H,3-14H2,1-2H3,(H2,20,21,22). The number of hydrogen-bond donors (Lipinski definition) is 2. The van der Waals surface area contributed by atoms with Gasteiger partial charge in [-0.05, 0) is 32.6 Å². The molecule has 28 heavy (non-hydrogen) atoms. The zero-order valence-corrected chi connectivity index (χ0v) is 17.1. The van der Waals surface area contributed by atoms with E-state index in [9.17, 15) is 4.79 Å². The maximum atomic E-state index is 11.8. The molecule has 0 spiro atoms. The summed E-state index contributed by atoms with van der Waals surface area (Å²) in [5, 5.41) is 15.6. The topological polar surface area (TPSA) is 96.7 Å². The van der Waals surface area contributed by atoms with Crippen LogP contribution in [0.1, 0.15) is 50.7 Å². The van der Waals surface area contributed by atoms with Crippen LogP contribution in [0, 0.1) is 0 Å². The van der Waals surface area contributed by atoms with Gasteiger partial charge in [0.05, 0.1) is 6.61 Å². The zero-order valence-electron chi connectivity index (χ0n) is 17.1. The molecule has 3 rings (SSSR count). The van der Waals surface area contributed by atoms with Crippen molar-refractivity contribution in [1.29, 1.82) is 0 Å². The molecule has 1 aromatic rings. The highest BCUT2D eigenvalue weighted by Gasteiger charge is 2.24. The molecule has 9 nitrogen and oxygen atoms in total. The molecule has 1 fully saturated rings. The van der Waals surface area contributed by atoms with Gasteiger partial charge in [0, 0.05) is 52.1 Å². The third kappa shape index (κ3) is 5.36. The number of rotatable bonds is 5. The number of aryl methyl sites for hydroxylation is 1. The van der Waals surface area contributed by atoms with Crippen molar-refractivity contribution in [2.75, 3.05) is 33.3 Å². The number of likely N-dealkylation sites (tertiary alicyclic amines) is 1. The van der Waals surface area contributed by atoms with E-state index in [0.29, 0.717) is 25.7 Å². The van der Waals surface area contributed by atoms with E-state index in [4.69, 9.17) is 4.74 Å². The Labute approximate surface area is 166 Å². The van der Waals surface area contributed by atoms with Crippen LogP contribution < -0.4 is 10.6 Å². The lowest BCUT2D eigenvalue weighted by atomic mass is 10.1. The first-order chi connectivity index (χ1) is 13.7. The molecular weight excluding hydrogens is 358 g/mol. The van der Waals surface area contributed by atoms with Crippen LogP contribution in [0.3, 0.4) is 0 Å². The molecule has 0 bridgehead atoms. The maximum Gasteiger partial charge on any atom is 0.409 e. The van der Waals surface area contributed by atoms with Crippen molar-refractivity contribution in [3.8, 4) is 0 Å². The predicted octanol–water partition coefficient (Wildman–Crippen LogP) is 1.33. The van der Waals surface area contributed by atoms with Crippen molar-refractivity contribution in [3.63, 3.8) is 0 Å². The fourth-order valence-corrected chi connectivity index (χ4v) is 3.83. The summed E-state index contributed by atoms with van der Waals surface area (Å²) in [4.78, 5) is 17.9. The minimum Gasteiger partial charge on any atom is -0.450 e. The maximum absolute atomic E-state index is 11.8. The van der Waals surface area contributed by atoms with Crippen molar-refractivity contribution in [1.82, 2.24) is 30.3 Å². The number of aromatic nitrogens is 3. The third-order valence-electron chi connectivity index (χ3n) is 5.41. The summed E-state index contributed by atoms with van der Waals surface area (Å²) in [7, 11) is 1.78.